The van der Waals surface area contributed by atoms with Crippen molar-refractivity contribution in [2.75, 3.05) is 0 Å². The summed E-state index contributed by atoms with van der Waals surface area (Å²) in [7, 11) is 0. The highest BCUT2D eigenvalue weighted by molar-refractivity contribution is 9.10. The molecule has 0 spiro atoms. The number of oxime groups is 1. The predicted molar refractivity (Wildman–Crippen MR) is 92.4 cm³/mol. The van der Waals surface area contributed by atoms with Gasteiger partial charge in [-0.05, 0) is 45.0 Å². The van der Waals surface area contributed by atoms with Crippen molar-refractivity contribution in [1.82, 2.24) is 0 Å². The van der Waals surface area contributed by atoms with E-state index in [-0.39, 0.29) is 28.3 Å². The lowest BCUT2D eigenvalue weighted by atomic mass is 10.0. The van der Waals surface area contributed by atoms with E-state index in [0.717, 1.165) is 0 Å². The SMILES string of the molecule is CC(C)(C)O/N=C(/c1cc(Br)ccc1O)c1c(C#N)ccc[n+]1[O-]. The molecule has 1 N–H and O–H groups in total. The van der Waals surface area contributed by atoms with Gasteiger partial charge in [-0.25, -0.2) is 0 Å². The van der Waals surface area contributed by atoms with Crippen LogP contribution < -0.4 is 4.73 Å². The molecule has 0 atom stereocenters. The fourth-order valence-electron chi connectivity index (χ4n) is 1.91. The Labute approximate surface area is 148 Å². The molecule has 0 saturated heterocycles. The molecule has 0 aliphatic heterocycles. The summed E-state index contributed by atoms with van der Waals surface area (Å²) in [6, 6.07) is 9.67. The molecule has 124 valence electrons. The van der Waals surface area contributed by atoms with Crippen molar-refractivity contribution in [3.8, 4) is 11.8 Å². The zero-order chi connectivity index (χ0) is 17.9. The van der Waals surface area contributed by atoms with Gasteiger partial charge in [0.05, 0.1) is 5.56 Å². The van der Waals surface area contributed by atoms with Crippen LogP contribution in [0.5, 0.6) is 5.75 Å². The Kier molecular flexibility index (Phi) is 5.10. The van der Waals surface area contributed by atoms with Gasteiger partial charge in [0.25, 0.3) is 5.69 Å². The first-order valence-corrected chi connectivity index (χ1v) is 7.90. The van der Waals surface area contributed by atoms with Gasteiger partial charge in [-0.1, -0.05) is 21.1 Å². The zero-order valence-corrected chi connectivity index (χ0v) is 15.0. The summed E-state index contributed by atoms with van der Waals surface area (Å²) in [5, 5.41) is 35.9. The van der Waals surface area contributed by atoms with Crippen LogP contribution in [-0.4, -0.2) is 16.4 Å². The Hall–Kier alpha value is -2.59. The molecule has 0 bridgehead atoms. The van der Waals surface area contributed by atoms with E-state index in [1.165, 1.54) is 24.4 Å². The average molecular weight is 390 g/mol. The van der Waals surface area contributed by atoms with Crippen molar-refractivity contribution < 1.29 is 14.7 Å². The highest BCUT2D eigenvalue weighted by atomic mass is 79.9. The van der Waals surface area contributed by atoms with Crippen LogP contribution in [0.25, 0.3) is 0 Å². The number of nitriles is 1. The summed E-state index contributed by atoms with van der Waals surface area (Å²) in [6.07, 6.45) is 1.26. The normalized spacial score (nSPS) is 11.9. The monoisotopic (exact) mass is 389 g/mol. The molecule has 0 amide bonds. The van der Waals surface area contributed by atoms with Crippen LogP contribution in [0.15, 0.2) is 46.2 Å². The number of hydrogen-bond donors (Lipinski definition) is 1. The molecule has 1 heterocycles. The fourth-order valence-corrected chi connectivity index (χ4v) is 2.27. The maximum Gasteiger partial charge on any atom is 0.264 e. The third-order valence-electron chi connectivity index (χ3n) is 2.93. The molecule has 1 aromatic carbocycles. The number of phenolic OH excluding ortho intramolecular Hbond substituents is 1. The molecule has 0 saturated carbocycles. The van der Waals surface area contributed by atoms with Crippen molar-refractivity contribution in [3.63, 3.8) is 0 Å². The van der Waals surface area contributed by atoms with Gasteiger partial charge in [0.15, 0.2) is 11.9 Å². The van der Waals surface area contributed by atoms with E-state index in [4.69, 9.17) is 4.84 Å². The number of phenols is 1. The molecule has 0 radical (unpaired) electrons. The van der Waals surface area contributed by atoms with Crippen molar-refractivity contribution in [2.45, 2.75) is 26.4 Å². The molecule has 24 heavy (non-hydrogen) atoms. The van der Waals surface area contributed by atoms with Gasteiger partial charge in [-0.2, -0.15) is 9.99 Å². The lowest BCUT2D eigenvalue weighted by Gasteiger charge is -2.17. The van der Waals surface area contributed by atoms with Crippen molar-refractivity contribution in [1.29, 1.82) is 5.26 Å². The van der Waals surface area contributed by atoms with E-state index in [9.17, 15) is 15.6 Å². The lowest BCUT2D eigenvalue weighted by molar-refractivity contribution is -0.607. The van der Waals surface area contributed by atoms with Gasteiger partial charge in [0.1, 0.15) is 23.0 Å². The number of benzene rings is 1. The van der Waals surface area contributed by atoms with Crippen LogP contribution in [0.1, 0.15) is 37.6 Å². The highest BCUT2D eigenvalue weighted by Gasteiger charge is 2.26. The van der Waals surface area contributed by atoms with Gasteiger partial charge >= 0.3 is 0 Å². The van der Waals surface area contributed by atoms with Crippen LogP contribution in [0, 0.1) is 16.5 Å². The molecule has 0 aliphatic carbocycles. The van der Waals surface area contributed by atoms with E-state index < -0.39 is 5.60 Å². The number of rotatable bonds is 3. The number of aromatic nitrogens is 1. The largest absolute Gasteiger partial charge is 0.618 e. The number of nitrogens with zero attached hydrogens (tertiary/aromatic N) is 3. The molecule has 0 aliphatic rings. The van der Waals surface area contributed by atoms with E-state index in [1.54, 1.807) is 32.9 Å². The Balaban J connectivity index is 2.75. The van der Waals surface area contributed by atoms with Gasteiger partial charge in [0, 0.05) is 10.5 Å². The lowest BCUT2D eigenvalue weighted by Crippen LogP contribution is -2.36. The summed E-state index contributed by atoms with van der Waals surface area (Å²) in [6.45, 7) is 5.41. The van der Waals surface area contributed by atoms with E-state index in [2.05, 4.69) is 21.1 Å². The van der Waals surface area contributed by atoms with Crippen LogP contribution in [0.4, 0.5) is 0 Å². The van der Waals surface area contributed by atoms with E-state index in [1.807, 2.05) is 6.07 Å². The first-order valence-electron chi connectivity index (χ1n) is 7.10. The second kappa shape index (κ2) is 6.89. The molecule has 2 aromatic rings. The topological polar surface area (TPSA) is 92.5 Å². The van der Waals surface area contributed by atoms with Crippen LogP contribution in [-0.2, 0) is 4.84 Å². The van der Waals surface area contributed by atoms with Crippen LogP contribution >= 0.6 is 15.9 Å². The first-order chi connectivity index (χ1) is 11.2. The molecule has 0 unspecified atom stereocenters. The minimum Gasteiger partial charge on any atom is -0.618 e. The molecule has 2 rings (SSSR count). The average Bonchev–Trinajstić information content (AvgIpc) is 2.50. The summed E-state index contributed by atoms with van der Waals surface area (Å²) in [4.78, 5) is 5.45. The summed E-state index contributed by atoms with van der Waals surface area (Å²) >= 11 is 3.33. The Bertz CT molecular complexity index is 836. The zero-order valence-electron chi connectivity index (χ0n) is 13.4. The van der Waals surface area contributed by atoms with Crippen molar-refractivity contribution in [2.24, 2.45) is 5.16 Å². The van der Waals surface area contributed by atoms with Gasteiger partial charge < -0.3 is 15.2 Å². The number of pyridine rings is 1. The summed E-state index contributed by atoms with van der Waals surface area (Å²) in [5.74, 6) is -0.0813. The summed E-state index contributed by atoms with van der Waals surface area (Å²) < 4.78 is 1.22. The molecule has 7 heteroatoms. The second-order valence-electron chi connectivity index (χ2n) is 6.01. The standard InChI is InChI=1S/C17H16BrN3O3/c1-17(2,3)24-20-15(13-9-12(18)6-7-14(13)22)16-11(10-19)5-4-8-21(16)23/h4-9,22H,1-3H3/b20-15-. The molecule has 6 nitrogen and oxygen atoms in total. The minimum absolute atomic E-state index is 0.0117. The second-order valence-corrected chi connectivity index (χ2v) is 6.93. The highest BCUT2D eigenvalue weighted by Crippen LogP contribution is 2.26. The first kappa shape index (κ1) is 17.8. The minimum atomic E-state index is -0.609. The fraction of sp³-hybridized carbons (Fsp3) is 0.235. The maximum atomic E-state index is 12.3. The van der Waals surface area contributed by atoms with E-state index in [0.29, 0.717) is 9.20 Å². The Morgan fingerprint density at radius 2 is 2.08 bits per heavy atom. The molecule has 1 aromatic heterocycles. The summed E-state index contributed by atoms with van der Waals surface area (Å²) in [5.41, 5.74) is -0.111. The van der Waals surface area contributed by atoms with Crippen LogP contribution in [0.3, 0.4) is 0 Å². The maximum absolute atomic E-state index is 12.3. The van der Waals surface area contributed by atoms with Crippen LogP contribution in [0.2, 0.25) is 0 Å². The molecular weight excluding hydrogens is 374 g/mol. The molecular formula is C17H16BrN3O3. The van der Waals surface area contributed by atoms with Crippen molar-refractivity contribution >= 4 is 21.6 Å². The van der Waals surface area contributed by atoms with Gasteiger partial charge in [-0.15, -0.1) is 0 Å². The quantitative estimate of drug-likeness (QED) is 0.377. The third-order valence-corrected chi connectivity index (χ3v) is 3.42. The predicted octanol–water partition coefficient (Wildman–Crippen LogP) is 3.23. The van der Waals surface area contributed by atoms with E-state index >= 15 is 0 Å². The van der Waals surface area contributed by atoms with Gasteiger partial charge in [0.2, 0.25) is 0 Å². The smallest absolute Gasteiger partial charge is 0.264 e. The number of aromatic hydroxyl groups is 1. The Morgan fingerprint density at radius 3 is 2.71 bits per heavy atom. The van der Waals surface area contributed by atoms with Gasteiger partial charge in [-0.3, -0.25) is 0 Å². The third kappa shape index (κ3) is 4.03. The number of hydrogen-bond acceptors (Lipinski definition) is 5. The number of halogens is 1. The molecule has 0 fully saturated rings. The van der Waals surface area contributed by atoms with Crippen molar-refractivity contribution in [3.05, 3.63) is 63.0 Å². The Morgan fingerprint density at radius 1 is 1.38 bits per heavy atom.